The molecule has 0 unspecified atom stereocenters. The average molecular weight is 196 g/mol. The van der Waals surface area contributed by atoms with Gasteiger partial charge in [0.05, 0.1) is 11.5 Å². The number of benzene rings is 1. The Morgan fingerprint density at radius 2 is 2.08 bits per heavy atom. The fourth-order valence-corrected chi connectivity index (χ4v) is 1.24. The van der Waals surface area contributed by atoms with Crippen LogP contribution in [0, 0.1) is 11.3 Å². The van der Waals surface area contributed by atoms with Crippen LogP contribution in [0.25, 0.3) is 0 Å². The number of nitriles is 1. The van der Waals surface area contributed by atoms with Crippen LogP contribution in [0.3, 0.4) is 0 Å². The quantitative estimate of drug-likeness (QED) is 0.749. The predicted octanol–water partition coefficient (Wildman–Crippen LogP) is 2.85. The Bertz CT molecular complexity index is 366. The minimum absolute atomic E-state index is 0.107. The molecule has 1 aromatic carbocycles. The molecule has 1 N–H and O–H groups in total. The Kier molecular flexibility index (Phi) is 2.49. The van der Waals surface area contributed by atoms with Crippen LogP contribution in [-0.4, -0.2) is 5.11 Å². The highest BCUT2D eigenvalue weighted by Gasteiger charge is 2.23. The van der Waals surface area contributed by atoms with Gasteiger partial charge >= 0.3 is 0 Å². The van der Waals surface area contributed by atoms with Gasteiger partial charge < -0.3 is 5.11 Å². The van der Waals surface area contributed by atoms with Crippen molar-refractivity contribution in [2.45, 2.75) is 19.3 Å². The second-order valence-electron chi connectivity index (χ2n) is 3.40. The molecule has 0 spiro atoms. The Balaban J connectivity index is 3.30. The molecule has 0 aliphatic heterocycles. The summed E-state index contributed by atoms with van der Waals surface area (Å²) in [6.45, 7) is 3.47. The molecule has 68 valence electrons. The average Bonchev–Trinajstić information content (AvgIpc) is 2.09. The Morgan fingerprint density at radius 3 is 2.62 bits per heavy atom. The molecule has 1 aromatic rings. The fraction of sp³-hybridized carbons (Fsp3) is 0.300. The maximum Gasteiger partial charge on any atom is 0.120 e. The lowest BCUT2D eigenvalue weighted by molar-refractivity contribution is 0.457. The standard InChI is InChI=1S/C10H10ClNO/c1-10(2,6-12)8-5-7(11)3-4-9(8)13/h3-5,13H,1-2H3. The molecule has 2 nitrogen and oxygen atoms in total. The molecule has 0 aromatic heterocycles. The molecular weight excluding hydrogens is 186 g/mol. The highest BCUT2D eigenvalue weighted by atomic mass is 35.5. The van der Waals surface area contributed by atoms with E-state index in [9.17, 15) is 5.11 Å². The van der Waals surface area contributed by atoms with Gasteiger partial charge in [-0.2, -0.15) is 5.26 Å². The van der Waals surface area contributed by atoms with Gasteiger partial charge in [0.2, 0.25) is 0 Å². The first-order chi connectivity index (χ1) is 5.97. The summed E-state index contributed by atoms with van der Waals surface area (Å²) in [5, 5.41) is 18.9. The predicted molar refractivity (Wildman–Crippen MR) is 51.8 cm³/mol. The van der Waals surface area contributed by atoms with Crippen LogP contribution >= 0.6 is 11.6 Å². The molecule has 0 heterocycles. The largest absolute Gasteiger partial charge is 0.508 e. The van der Waals surface area contributed by atoms with E-state index in [-0.39, 0.29) is 5.75 Å². The van der Waals surface area contributed by atoms with Crippen molar-refractivity contribution in [3.05, 3.63) is 28.8 Å². The molecule has 0 bridgehead atoms. The van der Waals surface area contributed by atoms with E-state index in [0.29, 0.717) is 10.6 Å². The van der Waals surface area contributed by atoms with Gasteiger partial charge in [0.15, 0.2) is 0 Å². The van der Waals surface area contributed by atoms with E-state index in [1.165, 1.54) is 6.07 Å². The van der Waals surface area contributed by atoms with Gasteiger partial charge in [0, 0.05) is 10.6 Å². The van der Waals surface area contributed by atoms with Crippen molar-refractivity contribution in [1.29, 1.82) is 5.26 Å². The molecule has 0 fully saturated rings. The molecular formula is C10H10ClNO. The lowest BCUT2D eigenvalue weighted by Crippen LogP contribution is -2.13. The molecule has 1 rings (SSSR count). The summed E-state index contributed by atoms with van der Waals surface area (Å²) in [5.41, 5.74) is -0.155. The second kappa shape index (κ2) is 3.27. The molecule has 13 heavy (non-hydrogen) atoms. The number of hydrogen-bond donors (Lipinski definition) is 1. The molecule has 3 heteroatoms. The fourth-order valence-electron chi connectivity index (χ4n) is 1.07. The lowest BCUT2D eigenvalue weighted by Gasteiger charge is -2.17. The number of halogens is 1. The maximum absolute atomic E-state index is 9.49. The smallest absolute Gasteiger partial charge is 0.120 e. The molecule has 0 aliphatic rings. The van der Waals surface area contributed by atoms with E-state index in [2.05, 4.69) is 6.07 Å². The summed E-state index contributed by atoms with van der Waals surface area (Å²) in [7, 11) is 0. The second-order valence-corrected chi connectivity index (χ2v) is 3.83. The Morgan fingerprint density at radius 1 is 1.46 bits per heavy atom. The van der Waals surface area contributed by atoms with Crippen LogP contribution in [0.5, 0.6) is 5.75 Å². The number of phenolic OH excluding ortho intramolecular Hbond substituents is 1. The first kappa shape index (κ1) is 9.88. The van der Waals surface area contributed by atoms with Crippen molar-refractivity contribution in [3.63, 3.8) is 0 Å². The van der Waals surface area contributed by atoms with Crippen LogP contribution in [0.15, 0.2) is 18.2 Å². The monoisotopic (exact) mass is 195 g/mol. The normalized spacial score (nSPS) is 10.9. The summed E-state index contributed by atoms with van der Waals surface area (Å²) in [6.07, 6.45) is 0. The summed E-state index contributed by atoms with van der Waals surface area (Å²) < 4.78 is 0. The number of hydrogen-bond acceptors (Lipinski definition) is 2. The summed E-state index contributed by atoms with van der Waals surface area (Å²) >= 11 is 5.76. The van der Waals surface area contributed by atoms with Gasteiger partial charge in [-0.3, -0.25) is 0 Å². The highest BCUT2D eigenvalue weighted by molar-refractivity contribution is 6.30. The van der Waals surface area contributed by atoms with Crippen LogP contribution < -0.4 is 0 Å². The van der Waals surface area contributed by atoms with Crippen molar-refractivity contribution in [3.8, 4) is 11.8 Å². The Labute approximate surface area is 82.4 Å². The SMILES string of the molecule is CC(C)(C#N)c1cc(Cl)ccc1O. The van der Waals surface area contributed by atoms with E-state index in [0.717, 1.165) is 0 Å². The zero-order valence-electron chi connectivity index (χ0n) is 7.50. The topological polar surface area (TPSA) is 44.0 Å². The van der Waals surface area contributed by atoms with Crippen LogP contribution in [0.4, 0.5) is 0 Å². The lowest BCUT2D eigenvalue weighted by atomic mass is 9.86. The van der Waals surface area contributed by atoms with Gasteiger partial charge in [-0.1, -0.05) is 11.6 Å². The zero-order valence-corrected chi connectivity index (χ0v) is 8.26. The number of nitrogens with zero attached hydrogens (tertiary/aromatic N) is 1. The molecule has 0 radical (unpaired) electrons. The van der Waals surface area contributed by atoms with Gasteiger partial charge in [-0.05, 0) is 32.0 Å². The molecule has 0 saturated carbocycles. The number of phenols is 1. The van der Waals surface area contributed by atoms with E-state index in [1.807, 2.05) is 0 Å². The third-order valence-corrected chi connectivity index (χ3v) is 2.15. The highest BCUT2D eigenvalue weighted by Crippen LogP contribution is 2.32. The first-order valence-electron chi connectivity index (χ1n) is 3.87. The van der Waals surface area contributed by atoms with E-state index in [4.69, 9.17) is 16.9 Å². The van der Waals surface area contributed by atoms with Gasteiger partial charge in [-0.25, -0.2) is 0 Å². The number of rotatable bonds is 1. The van der Waals surface area contributed by atoms with E-state index < -0.39 is 5.41 Å². The van der Waals surface area contributed by atoms with E-state index >= 15 is 0 Å². The van der Waals surface area contributed by atoms with Gasteiger partial charge in [-0.15, -0.1) is 0 Å². The minimum atomic E-state index is -0.713. The van der Waals surface area contributed by atoms with Crippen molar-refractivity contribution in [1.82, 2.24) is 0 Å². The number of aromatic hydroxyl groups is 1. The summed E-state index contributed by atoms with van der Waals surface area (Å²) in [6, 6.07) is 6.81. The molecule has 0 amide bonds. The molecule has 0 aliphatic carbocycles. The zero-order chi connectivity index (χ0) is 10.1. The van der Waals surface area contributed by atoms with Crippen molar-refractivity contribution >= 4 is 11.6 Å². The van der Waals surface area contributed by atoms with Crippen LogP contribution in [-0.2, 0) is 5.41 Å². The van der Waals surface area contributed by atoms with Crippen LogP contribution in [0.1, 0.15) is 19.4 Å². The van der Waals surface area contributed by atoms with Crippen LogP contribution in [0.2, 0.25) is 5.02 Å². The summed E-state index contributed by atoms with van der Waals surface area (Å²) in [4.78, 5) is 0. The van der Waals surface area contributed by atoms with E-state index in [1.54, 1.807) is 26.0 Å². The third kappa shape index (κ3) is 1.93. The van der Waals surface area contributed by atoms with Crippen molar-refractivity contribution in [2.24, 2.45) is 0 Å². The molecule has 0 atom stereocenters. The van der Waals surface area contributed by atoms with Gasteiger partial charge in [0.1, 0.15) is 5.75 Å². The molecule has 0 saturated heterocycles. The minimum Gasteiger partial charge on any atom is -0.508 e. The van der Waals surface area contributed by atoms with Gasteiger partial charge in [0.25, 0.3) is 0 Å². The summed E-state index contributed by atoms with van der Waals surface area (Å²) in [5.74, 6) is 0.107. The maximum atomic E-state index is 9.49. The third-order valence-electron chi connectivity index (χ3n) is 1.91. The van der Waals surface area contributed by atoms with Crippen molar-refractivity contribution in [2.75, 3.05) is 0 Å². The van der Waals surface area contributed by atoms with Crippen molar-refractivity contribution < 1.29 is 5.11 Å². The first-order valence-corrected chi connectivity index (χ1v) is 4.25. The Hall–Kier alpha value is -1.20.